The van der Waals surface area contributed by atoms with Crippen LogP contribution in [0.5, 0.6) is 0 Å². The maximum absolute atomic E-state index is 13.0. The highest BCUT2D eigenvalue weighted by molar-refractivity contribution is 9.09. The minimum Gasteiger partial charge on any atom is -0.264 e. The average Bonchev–Trinajstić information content (AvgIpc) is 2.88. The van der Waals surface area contributed by atoms with Gasteiger partial charge in [0.05, 0.1) is 4.90 Å². The van der Waals surface area contributed by atoms with Crippen molar-refractivity contribution in [1.29, 1.82) is 0 Å². The van der Waals surface area contributed by atoms with Crippen molar-refractivity contribution in [3.63, 3.8) is 0 Å². The lowest BCUT2D eigenvalue weighted by molar-refractivity contribution is 0.378. The molecule has 2 aromatic rings. The van der Waals surface area contributed by atoms with E-state index in [4.69, 9.17) is 0 Å². The van der Waals surface area contributed by atoms with Crippen molar-refractivity contribution in [2.75, 3.05) is 11.9 Å². The van der Waals surface area contributed by atoms with Crippen LogP contribution in [0.1, 0.15) is 13.3 Å². The Bertz CT molecular complexity index is 758. The molecule has 6 heteroatoms. The van der Waals surface area contributed by atoms with Gasteiger partial charge in [-0.1, -0.05) is 35.0 Å². The van der Waals surface area contributed by atoms with E-state index in [0.717, 1.165) is 17.2 Å². The predicted molar refractivity (Wildman–Crippen MR) is 87.0 cm³/mol. The summed E-state index contributed by atoms with van der Waals surface area (Å²) in [7, 11) is -3.48. The van der Waals surface area contributed by atoms with E-state index in [2.05, 4.69) is 27.8 Å². The molecule has 0 N–H and O–H groups in total. The molecule has 0 saturated carbocycles. The molecule has 4 nitrogen and oxygen atoms in total. The molecular formula is C15H17BrN2O2S. The molecule has 3 rings (SSSR count). The van der Waals surface area contributed by atoms with Gasteiger partial charge in [-0.3, -0.25) is 4.98 Å². The first kappa shape index (κ1) is 14.9. The van der Waals surface area contributed by atoms with E-state index in [1.807, 2.05) is 6.07 Å². The van der Waals surface area contributed by atoms with Gasteiger partial charge in [-0.2, -0.15) is 4.31 Å². The summed E-state index contributed by atoms with van der Waals surface area (Å²) in [5.74, 6) is 0.371. The first-order valence-corrected chi connectivity index (χ1v) is 9.52. The van der Waals surface area contributed by atoms with Crippen LogP contribution in [-0.4, -0.2) is 35.6 Å². The van der Waals surface area contributed by atoms with Gasteiger partial charge in [0.25, 0.3) is 0 Å². The van der Waals surface area contributed by atoms with Gasteiger partial charge in [0.15, 0.2) is 0 Å². The lowest BCUT2D eigenvalue weighted by Crippen LogP contribution is -2.38. The Morgan fingerprint density at radius 1 is 1.38 bits per heavy atom. The third kappa shape index (κ3) is 2.49. The summed E-state index contributed by atoms with van der Waals surface area (Å²) in [6.45, 7) is 2.69. The Labute approximate surface area is 133 Å². The second-order valence-corrected chi connectivity index (χ2v) is 7.96. The molecule has 0 amide bonds. The Kier molecular flexibility index (Phi) is 4.03. The van der Waals surface area contributed by atoms with Crippen LogP contribution in [0.2, 0.25) is 0 Å². The molecule has 2 heterocycles. The van der Waals surface area contributed by atoms with Crippen LogP contribution in [0.25, 0.3) is 10.8 Å². The van der Waals surface area contributed by atoms with E-state index in [1.165, 1.54) is 0 Å². The molecule has 1 aliphatic rings. The second kappa shape index (κ2) is 5.66. The highest BCUT2D eigenvalue weighted by Gasteiger charge is 2.39. The molecule has 1 aromatic carbocycles. The number of pyridine rings is 1. The molecule has 1 aliphatic heterocycles. The molecule has 112 valence electrons. The minimum atomic E-state index is -3.48. The number of halogens is 1. The van der Waals surface area contributed by atoms with Crippen molar-refractivity contribution in [2.24, 2.45) is 5.92 Å². The first-order valence-electron chi connectivity index (χ1n) is 6.96. The Morgan fingerprint density at radius 2 is 2.19 bits per heavy atom. The SMILES string of the molecule is CC1CCN(S(=O)(=O)c2cccc3cnccc23)C1CBr. The summed E-state index contributed by atoms with van der Waals surface area (Å²) in [6.07, 6.45) is 4.24. The zero-order chi connectivity index (χ0) is 15.0. The lowest BCUT2D eigenvalue weighted by Gasteiger charge is -2.25. The number of hydrogen-bond acceptors (Lipinski definition) is 3. The Morgan fingerprint density at radius 3 is 2.95 bits per heavy atom. The molecule has 1 aromatic heterocycles. The van der Waals surface area contributed by atoms with E-state index in [0.29, 0.717) is 22.7 Å². The standard InChI is InChI=1S/C15H17BrN2O2S/c1-11-6-8-18(14(11)9-16)21(19,20)15-4-2-3-12-10-17-7-5-13(12)15/h2-5,7,10-11,14H,6,8-9H2,1H3. The van der Waals surface area contributed by atoms with Crippen LogP contribution in [0.15, 0.2) is 41.6 Å². The number of aromatic nitrogens is 1. The number of fused-ring (bicyclic) bond motifs is 1. The fourth-order valence-corrected chi connectivity index (χ4v) is 6.08. The zero-order valence-electron chi connectivity index (χ0n) is 11.7. The summed E-state index contributed by atoms with van der Waals surface area (Å²) in [5.41, 5.74) is 0. The van der Waals surface area contributed by atoms with Gasteiger partial charge in [-0.15, -0.1) is 0 Å². The molecule has 0 bridgehead atoms. The van der Waals surface area contributed by atoms with Crippen molar-refractivity contribution in [3.05, 3.63) is 36.7 Å². The van der Waals surface area contributed by atoms with Gasteiger partial charge < -0.3 is 0 Å². The van der Waals surface area contributed by atoms with Gasteiger partial charge in [-0.25, -0.2) is 8.42 Å². The van der Waals surface area contributed by atoms with Gasteiger partial charge in [0.2, 0.25) is 10.0 Å². The van der Waals surface area contributed by atoms with Crippen molar-refractivity contribution in [1.82, 2.24) is 9.29 Å². The third-order valence-corrected chi connectivity index (χ3v) is 6.86. The van der Waals surface area contributed by atoms with E-state index in [-0.39, 0.29) is 6.04 Å². The highest BCUT2D eigenvalue weighted by Crippen LogP contribution is 2.33. The maximum Gasteiger partial charge on any atom is 0.243 e. The number of nitrogens with zero attached hydrogens (tertiary/aromatic N) is 2. The van der Waals surface area contributed by atoms with E-state index in [9.17, 15) is 8.42 Å². The summed E-state index contributed by atoms with van der Waals surface area (Å²) in [5, 5.41) is 2.25. The van der Waals surface area contributed by atoms with Crippen LogP contribution in [0, 0.1) is 5.92 Å². The van der Waals surface area contributed by atoms with E-state index < -0.39 is 10.0 Å². The first-order chi connectivity index (χ1) is 10.1. The number of rotatable bonds is 3. The van der Waals surface area contributed by atoms with Crippen LogP contribution >= 0.6 is 15.9 Å². The number of benzene rings is 1. The molecule has 1 fully saturated rings. The summed E-state index contributed by atoms with van der Waals surface area (Å²) < 4.78 is 27.7. The normalized spacial score (nSPS) is 23.7. The van der Waals surface area contributed by atoms with Crippen molar-refractivity contribution in [2.45, 2.75) is 24.3 Å². The number of hydrogen-bond donors (Lipinski definition) is 0. The van der Waals surface area contributed by atoms with E-state index in [1.54, 1.807) is 34.9 Å². The molecule has 0 spiro atoms. The molecule has 2 atom stereocenters. The summed E-state index contributed by atoms with van der Waals surface area (Å²) >= 11 is 3.46. The fraction of sp³-hybridized carbons (Fsp3) is 0.400. The van der Waals surface area contributed by atoms with Gasteiger partial charge in [0, 0.05) is 41.1 Å². The summed E-state index contributed by atoms with van der Waals surface area (Å²) in [6, 6.07) is 7.14. The van der Waals surface area contributed by atoms with Crippen LogP contribution in [0.3, 0.4) is 0 Å². The predicted octanol–water partition coefficient (Wildman–Crippen LogP) is 3.03. The minimum absolute atomic E-state index is 0.0205. The largest absolute Gasteiger partial charge is 0.264 e. The molecule has 0 aliphatic carbocycles. The fourth-order valence-electron chi connectivity index (χ4n) is 2.94. The van der Waals surface area contributed by atoms with Gasteiger partial charge in [0.1, 0.15) is 0 Å². The van der Waals surface area contributed by atoms with Crippen molar-refractivity contribution in [3.8, 4) is 0 Å². The van der Waals surface area contributed by atoms with Crippen molar-refractivity contribution >= 4 is 36.7 Å². The zero-order valence-corrected chi connectivity index (χ0v) is 14.1. The molecule has 21 heavy (non-hydrogen) atoms. The molecule has 1 saturated heterocycles. The highest BCUT2D eigenvalue weighted by atomic mass is 79.9. The van der Waals surface area contributed by atoms with Gasteiger partial charge >= 0.3 is 0 Å². The molecule has 2 unspecified atom stereocenters. The Hall–Kier alpha value is -0.980. The molecular weight excluding hydrogens is 352 g/mol. The van der Waals surface area contributed by atoms with Crippen molar-refractivity contribution < 1.29 is 8.42 Å². The van der Waals surface area contributed by atoms with Crippen LogP contribution in [-0.2, 0) is 10.0 Å². The number of sulfonamides is 1. The van der Waals surface area contributed by atoms with Crippen LogP contribution < -0.4 is 0 Å². The summed E-state index contributed by atoms with van der Waals surface area (Å²) in [4.78, 5) is 4.44. The second-order valence-electron chi connectivity index (χ2n) is 5.46. The smallest absolute Gasteiger partial charge is 0.243 e. The Balaban J connectivity index is 2.13. The average molecular weight is 369 g/mol. The lowest BCUT2D eigenvalue weighted by atomic mass is 10.1. The quantitative estimate of drug-likeness (QED) is 0.782. The number of alkyl halides is 1. The maximum atomic E-state index is 13.0. The monoisotopic (exact) mass is 368 g/mol. The topological polar surface area (TPSA) is 50.3 Å². The van der Waals surface area contributed by atoms with Gasteiger partial charge in [-0.05, 0) is 24.5 Å². The van der Waals surface area contributed by atoms with Crippen LogP contribution in [0.4, 0.5) is 0 Å². The van der Waals surface area contributed by atoms with E-state index >= 15 is 0 Å². The molecule has 0 radical (unpaired) electrons. The third-order valence-electron chi connectivity index (χ3n) is 4.22.